The molecule has 1 aromatic rings. The van der Waals surface area contributed by atoms with Crippen molar-refractivity contribution in [2.45, 2.75) is 32.6 Å². The predicted octanol–water partition coefficient (Wildman–Crippen LogP) is 2.40. The summed E-state index contributed by atoms with van der Waals surface area (Å²) in [4.78, 5) is 15.4. The molecule has 1 rings (SSSR count). The van der Waals surface area contributed by atoms with E-state index < -0.39 is 5.97 Å². The highest BCUT2D eigenvalue weighted by atomic mass is 16.5. The highest BCUT2D eigenvalue weighted by Gasteiger charge is 2.08. The zero-order chi connectivity index (χ0) is 11.8. The number of nitrogen functional groups attached to an aromatic ring is 1. The maximum Gasteiger partial charge on any atom is 0.357 e. The van der Waals surface area contributed by atoms with Gasteiger partial charge in [0, 0.05) is 0 Å². The SMILES string of the molecule is CCCCCCOC(=O)c1cccc(N)n1. The van der Waals surface area contributed by atoms with E-state index in [0.717, 1.165) is 12.8 Å². The van der Waals surface area contributed by atoms with E-state index in [1.165, 1.54) is 12.8 Å². The van der Waals surface area contributed by atoms with Gasteiger partial charge in [-0.05, 0) is 18.6 Å². The monoisotopic (exact) mass is 222 g/mol. The number of anilines is 1. The molecule has 0 saturated carbocycles. The van der Waals surface area contributed by atoms with Gasteiger partial charge in [-0.25, -0.2) is 9.78 Å². The van der Waals surface area contributed by atoms with Crippen molar-refractivity contribution in [3.8, 4) is 0 Å². The number of esters is 1. The van der Waals surface area contributed by atoms with Crippen LogP contribution in [0, 0.1) is 0 Å². The predicted molar refractivity (Wildman–Crippen MR) is 63.1 cm³/mol. The Hall–Kier alpha value is -1.58. The third-order valence-electron chi connectivity index (χ3n) is 2.21. The molecule has 0 aliphatic rings. The van der Waals surface area contributed by atoms with E-state index in [-0.39, 0.29) is 5.69 Å². The summed E-state index contributed by atoms with van der Waals surface area (Å²) in [6.45, 7) is 2.60. The first-order chi connectivity index (χ1) is 7.74. The second-order valence-corrected chi connectivity index (χ2v) is 3.64. The molecule has 4 nitrogen and oxygen atoms in total. The molecule has 1 aromatic heterocycles. The van der Waals surface area contributed by atoms with Crippen LogP contribution in [0.1, 0.15) is 43.1 Å². The summed E-state index contributed by atoms with van der Waals surface area (Å²) < 4.78 is 5.07. The Morgan fingerprint density at radius 2 is 2.19 bits per heavy atom. The van der Waals surface area contributed by atoms with Crippen LogP contribution in [0.5, 0.6) is 0 Å². The Kier molecular flexibility index (Phi) is 5.32. The van der Waals surface area contributed by atoms with E-state index in [0.29, 0.717) is 12.4 Å². The molecule has 0 bridgehead atoms. The molecule has 88 valence electrons. The van der Waals surface area contributed by atoms with Gasteiger partial charge in [0.25, 0.3) is 0 Å². The minimum atomic E-state index is -0.399. The van der Waals surface area contributed by atoms with Crippen LogP contribution in [0.15, 0.2) is 18.2 Å². The quantitative estimate of drug-likeness (QED) is 0.593. The third kappa shape index (κ3) is 4.29. The van der Waals surface area contributed by atoms with Crippen molar-refractivity contribution in [3.05, 3.63) is 23.9 Å². The maximum absolute atomic E-state index is 11.5. The first-order valence-electron chi connectivity index (χ1n) is 5.63. The van der Waals surface area contributed by atoms with Gasteiger partial charge in [-0.2, -0.15) is 0 Å². The summed E-state index contributed by atoms with van der Waals surface area (Å²) in [6, 6.07) is 4.93. The summed E-state index contributed by atoms with van der Waals surface area (Å²) in [5.74, 6) is -0.0655. The number of hydrogen-bond donors (Lipinski definition) is 1. The van der Waals surface area contributed by atoms with Crippen LogP contribution in [0.2, 0.25) is 0 Å². The third-order valence-corrected chi connectivity index (χ3v) is 2.21. The van der Waals surface area contributed by atoms with E-state index in [4.69, 9.17) is 10.5 Å². The highest BCUT2D eigenvalue weighted by Crippen LogP contribution is 2.04. The summed E-state index contributed by atoms with van der Waals surface area (Å²) in [5.41, 5.74) is 5.75. The Balaban J connectivity index is 2.30. The lowest BCUT2D eigenvalue weighted by atomic mass is 10.2. The van der Waals surface area contributed by atoms with Crippen molar-refractivity contribution in [1.29, 1.82) is 0 Å². The van der Waals surface area contributed by atoms with Crippen LogP contribution in [0.4, 0.5) is 5.82 Å². The Bertz CT molecular complexity index is 340. The molecule has 1 heterocycles. The van der Waals surface area contributed by atoms with Crippen molar-refractivity contribution in [1.82, 2.24) is 4.98 Å². The highest BCUT2D eigenvalue weighted by molar-refractivity contribution is 5.87. The summed E-state index contributed by atoms with van der Waals surface area (Å²) >= 11 is 0. The lowest BCUT2D eigenvalue weighted by molar-refractivity contribution is 0.0491. The average Bonchev–Trinajstić information content (AvgIpc) is 2.28. The molecule has 4 heteroatoms. The van der Waals surface area contributed by atoms with Crippen LogP contribution in [0.3, 0.4) is 0 Å². The van der Waals surface area contributed by atoms with Crippen molar-refractivity contribution in [3.63, 3.8) is 0 Å². The van der Waals surface area contributed by atoms with Crippen molar-refractivity contribution < 1.29 is 9.53 Å². The first-order valence-corrected chi connectivity index (χ1v) is 5.63. The maximum atomic E-state index is 11.5. The fourth-order valence-corrected chi connectivity index (χ4v) is 1.33. The molecule has 0 fully saturated rings. The van der Waals surface area contributed by atoms with Crippen molar-refractivity contribution in [2.75, 3.05) is 12.3 Å². The number of nitrogens with two attached hydrogens (primary N) is 1. The van der Waals surface area contributed by atoms with E-state index in [9.17, 15) is 4.79 Å². The molecule has 0 aliphatic carbocycles. The van der Waals surface area contributed by atoms with Crippen molar-refractivity contribution >= 4 is 11.8 Å². The molecule has 0 radical (unpaired) electrons. The number of pyridine rings is 1. The molecular formula is C12H18N2O2. The Morgan fingerprint density at radius 1 is 1.38 bits per heavy atom. The lowest BCUT2D eigenvalue weighted by Crippen LogP contribution is -2.09. The van der Waals surface area contributed by atoms with Gasteiger partial charge >= 0.3 is 5.97 Å². The number of carbonyl (C=O) groups excluding carboxylic acids is 1. The lowest BCUT2D eigenvalue weighted by Gasteiger charge is -2.04. The zero-order valence-electron chi connectivity index (χ0n) is 9.61. The number of nitrogens with zero attached hydrogens (tertiary/aromatic N) is 1. The molecule has 0 amide bonds. The molecule has 0 spiro atoms. The summed E-state index contributed by atoms with van der Waals surface area (Å²) in [5, 5.41) is 0. The number of hydrogen-bond acceptors (Lipinski definition) is 4. The van der Waals surface area contributed by atoms with Crippen LogP contribution in [-0.4, -0.2) is 17.6 Å². The largest absolute Gasteiger partial charge is 0.461 e. The number of rotatable bonds is 6. The van der Waals surface area contributed by atoms with Crippen LogP contribution < -0.4 is 5.73 Å². The summed E-state index contributed by atoms with van der Waals surface area (Å²) in [7, 11) is 0. The zero-order valence-corrected chi connectivity index (χ0v) is 9.61. The van der Waals surface area contributed by atoms with E-state index in [1.807, 2.05) is 0 Å². The summed E-state index contributed by atoms with van der Waals surface area (Å²) in [6.07, 6.45) is 4.34. The molecule has 16 heavy (non-hydrogen) atoms. The van der Waals surface area contributed by atoms with E-state index in [2.05, 4.69) is 11.9 Å². The second-order valence-electron chi connectivity index (χ2n) is 3.64. The van der Waals surface area contributed by atoms with Gasteiger partial charge < -0.3 is 10.5 Å². The van der Waals surface area contributed by atoms with Crippen LogP contribution in [-0.2, 0) is 4.74 Å². The fourth-order valence-electron chi connectivity index (χ4n) is 1.33. The average molecular weight is 222 g/mol. The molecule has 2 N–H and O–H groups in total. The number of aromatic nitrogens is 1. The van der Waals surface area contributed by atoms with Gasteiger partial charge in [0.2, 0.25) is 0 Å². The number of carbonyl (C=O) groups is 1. The fraction of sp³-hybridized carbons (Fsp3) is 0.500. The second kappa shape index (κ2) is 6.82. The van der Waals surface area contributed by atoms with Gasteiger partial charge in [0.15, 0.2) is 5.69 Å². The molecule has 0 unspecified atom stereocenters. The molecular weight excluding hydrogens is 204 g/mol. The van der Waals surface area contributed by atoms with E-state index in [1.54, 1.807) is 18.2 Å². The van der Waals surface area contributed by atoms with Gasteiger partial charge in [-0.3, -0.25) is 0 Å². The number of unbranched alkanes of at least 4 members (excludes halogenated alkanes) is 3. The molecule has 0 saturated heterocycles. The first kappa shape index (κ1) is 12.5. The number of ether oxygens (including phenoxy) is 1. The van der Waals surface area contributed by atoms with Crippen LogP contribution in [0.25, 0.3) is 0 Å². The van der Waals surface area contributed by atoms with Crippen LogP contribution >= 0.6 is 0 Å². The topological polar surface area (TPSA) is 65.2 Å². The Morgan fingerprint density at radius 3 is 2.88 bits per heavy atom. The molecule has 0 aliphatic heterocycles. The minimum Gasteiger partial charge on any atom is -0.461 e. The Labute approximate surface area is 95.8 Å². The van der Waals surface area contributed by atoms with E-state index >= 15 is 0 Å². The van der Waals surface area contributed by atoms with Gasteiger partial charge in [-0.1, -0.05) is 32.3 Å². The van der Waals surface area contributed by atoms with Crippen molar-refractivity contribution in [2.24, 2.45) is 0 Å². The minimum absolute atomic E-state index is 0.274. The standard InChI is InChI=1S/C12H18N2O2/c1-2-3-4-5-9-16-12(15)10-7-6-8-11(13)14-10/h6-8H,2-5,9H2,1H3,(H2,13,14). The molecule has 0 atom stereocenters. The van der Waals surface area contributed by atoms with Gasteiger partial charge in [0.05, 0.1) is 6.61 Å². The normalized spacial score (nSPS) is 10.1. The van der Waals surface area contributed by atoms with Gasteiger partial charge in [0.1, 0.15) is 5.82 Å². The smallest absolute Gasteiger partial charge is 0.357 e. The van der Waals surface area contributed by atoms with Gasteiger partial charge in [-0.15, -0.1) is 0 Å². The molecule has 0 aromatic carbocycles.